The fourth-order valence-electron chi connectivity index (χ4n) is 3.20. The zero-order chi connectivity index (χ0) is 14.1. The third-order valence-corrected chi connectivity index (χ3v) is 4.86. The zero-order valence-corrected chi connectivity index (χ0v) is 13.0. The van der Waals surface area contributed by atoms with Crippen LogP contribution in [0.1, 0.15) is 37.3 Å². The minimum Gasteiger partial charge on any atom is -0.329 e. The molecule has 1 aliphatic carbocycles. The Balaban J connectivity index is 1.69. The van der Waals surface area contributed by atoms with Gasteiger partial charge in [-0.25, -0.2) is 4.79 Å². The van der Waals surface area contributed by atoms with Gasteiger partial charge in [0.05, 0.1) is 6.04 Å². The molecule has 4 nitrogen and oxygen atoms in total. The van der Waals surface area contributed by atoms with Gasteiger partial charge in [-0.3, -0.25) is 0 Å². The molecule has 0 spiro atoms. The summed E-state index contributed by atoms with van der Waals surface area (Å²) in [5.41, 5.74) is 7.10. The summed E-state index contributed by atoms with van der Waals surface area (Å²) in [6.07, 6.45) is 4.10. The molecule has 108 valence electrons. The Morgan fingerprint density at radius 1 is 1.25 bits per heavy atom. The lowest BCUT2D eigenvalue weighted by Crippen LogP contribution is -2.42. The summed E-state index contributed by atoms with van der Waals surface area (Å²) in [6.45, 7) is 0.759. The molecule has 1 aliphatic heterocycles. The molecule has 1 saturated heterocycles. The number of carbonyl (C=O) groups is 1. The molecule has 0 bridgehead atoms. The van der Waals surface area contributed by atoms with E-state index in [1.807, 2.05) is 17.0 Å². The van der Waals surface area contributed by atoms with Crippen LogP contribution < -0.4 is 11.1 Å². The number of benzene rings is 1. The quantitative estimate of drug-likeness (QED) is 0.871. The number of carbonyl (C=O) groups excluding carboxylic acids is 1. The lowest BCUT2D eigenvalue weighted by Gasteiger charge is -2.32. The smallest absolute Gasteiger partial charge is 0.318 e. The van der Waals surface area contributed by atoms with Gasteiger partial charge in [0.2, 0.25) is 0 Å². The molecule has 1 aromatic carbocycles. The van der Waals surface area contributed by atoms with Crippen LogP contribution in [0, 0.1) is 0 Å². The second-order valence-corrected chi connectivity index (χ2v) is 6.69. The van der Waals surface area contributed by atoms with Crippen LogP contribution in [-0.4, -0.2) is 29.6 Å². The van der Waals surface area contributed by atoms with Crippen molar-refractivity contribution in [2.24, 2.45) is 5.73 Å². The molecule has 20 heavy (non-hydrogen) atoms. The van der Waals surface area contributed by atoms with Crippen molar-refractivity contribution in [1.29, 1.82) is 0 Å². The number of nitrogens with two attached hydrogens (primary N) is 1. The molecule has 1 heterocycles. The Hall–Kier alpha value is -1.07. The molecule has 3 N–H and O–H groups in total. The minimum absolute atomic E-state index is 0.0652. The predicted molar refractivity (Wildman–Crippen MR) is 82.4 cm³/mol. The van der Waals surface area contributed by atoms with Gasteiger partial charge in [0.15, 0.2) is 0 Å². The number of hydrogen-bond donors (Lipinski definition) is 2. The second kappa shape index (κ2) is 5.74. The van der Waals surface area contributed by atoms with Crippen molar-refractivity contribution in [3.05, 3.63) is 34.3 Å². The van der Waals surface area contributed by atoms with Gasteiger partial charge in [0, 0.05) is 23.1 Å². The monoisotopic (exact) mass is 337 g/mol. The van der Waals surface area contributed by atoms with Crippen LogP contribution in [0.5, 0.6) is 0 Å². The minimum atomic E-state index is 0.0652. The molecular formula is C15H20BrN3O. The highest BCUT2D eigenvalue weighted by Gasteiger charge is 2.35. The van der Waals surface area contributed by atoms with E-state index in [0.29, 0.717) is 12.1 Å². The maximum absolute atomic E-state index is 12.2. The average molecular weight is 338 g/mol. The first kappa shape index (κ1) is 13.9. The fourth-order valence-corrected chi connectivity index (χ4v) is 3.61. The van der Waals surface area contributed by atoms with Crippen molar-refractivity contribution >= 4 is 22.0 Å². The van der Waals surface area contributed by atoms with Gasteiger partial charge in [-0.15, -0.1) is 0 Å². The predicted octanol–water partition coefficient (Wildman–Crippen LogP) is 2.79. The molecule has 2 aliphatic rings. The van der Waals surface area contributed by atoms with Gasteiger partial charge < -0.3 is 16.0 Å². The van der Waals surface area contributed by atoms with Gasteiger partial charge >= 0.3 is 6.03 Å². The lowest BCUT2D eigenvalue weighted by atomic mass is 9.91. The van der Waals surface area contributed by atoms with Gasteiger partial charge in [-0.2, -0.15) is 0 Å². The van der Waals surface area contributed by atoms with E-state index in [9.17, 15) is 4.79 Å². The normalized spacial score (nSPS) is 30.4. The number of nitrogens with zero attached hydrogens (tertiary/aromatic N) is 1. The fraction of sp³-hybridized carbons (Fsp3) is 0.533. The Morgan fingerprint density at radius 2 is 2.00 bits per heavy atom. The molecular weight excluding hydrogens is 318 g/mol. The summed E-state index contributed by atoms with van der Waals surface area (Å²) in [5.74, 6) is 0. The molecule has 1 unspecified atom stereocenters. The van der Waals surface area contributed by atoms with E-state index in [-0.39, 0.29) is 12.1 Å². The van der Waals surface area contributed by atoms with Crippen molar-refractivity contribution in [3.63, 3.8) is 0 Å². The van der Waals surface area contributed by atoms with Gasteiger partial charge in [-0.1, -0.05) is 28.1 Å². The van der Waals surface area contributed by atoms with Crippen molar-refractivity contribution < 1.29 is 4.79 Å². The van der Waals surface area contributed by atoms with Crippen LogP contribution in [0.2, 0.25) is 0 Å². The first-order valence-electron chi connectivity index (χ1n) is 7.21. The summed E-state index contributed by atoms with van der Waals surface area (Å²) in [6, 6.07) is 8.98. The number of hydrogen-bond acceptors (Lipinski definition) is 2. The first-order chi connectivity index (χ1) is 9.63. The van der Waals surface area contributed by atoms with E-state index in [1.165, 1.54) is 0 Å². The molecule has 2 fully saturated rings. The summed E-state index contributed by atoms with van der Waals surface area (Å²) < 4.78 is 1.05. The number of urea groups is 1. The van der Waals surface area contributed by atoms with Crippen molar-refractivity contribution in [3.8, 4) is 0 Å². The first-order valence-corrected chi connectivity index (χ1v) is 8.01. The van der Waals surface area contributed by atoms with E-state index in [2.05, 4.69) is 33.4 Å². The van der Waals surface area contributed by atoms with Crippen LogP contribution in [0.25, 0.3) is 0 Å². The molecule has 0 aromatic heterocycles. The lowest BCUT2D eigenvalue weighted by molar-refractivity contribution is 0.174. The number of halogens is 1. The molecule has 1 saturated carbocycles. The highest BCUT2D eigenvalue weighted by molar-refractivity contribution is 9.10. The van der Waals surface area contributed by atoms with Crippen LogP contribution >= 0.6 is 15.9 Å². The highest BCUT2D eigenvalue weighted by atomic mass is 79.9. The summed E-state index contributed by atoms with van der Waals surface area (Å²) in [4.78, 5) is 14.2. The Morgan fingerprint density at radius 3 is 2.70 bits per heavy atom. The maximum atomic E-state index is 12.2. The summed E-state index contributed by atoms with van der Waals surface area (Å²) >= 11 is 3.48. The average Bonchev–Trinajstić information content (AvgIpc) is 2.82. The van der Waals surface area contributed by atoms with Crippen molar-refractivity contribution in [2.45, 2.75) is 43.8 Å². The summed E-state index contributed by atoms with van der Waals surface area (Å²) in [5, 5.41) is 3.09. The SMILES string of the molecule is NC1CCC(N2CC(c3cccc(Br)c3)NC2=O)CC1. The van der Waals surface area contributed by atoms with Crippen LogP contribution in [0.3, 0.4) is 0 Å². The third kappa shape index (κ3) is 2.83. The standard InChI is InChI=1S/C15H20BrN3O/c16-11-3-1-2-10(8-11)14-9-19(15(20)18-14)13-6-4-12(17)5-7-13/h1-3,8,12-14H,4-7,9,17H2,(H,18,20). The van der Waals surface area contributed by atoms with E-state index in [0.717, 1.165) is 42.3 Å². The van der Waals surface area contributed by atoms with Crippen LogP contribution in [0.4, 0.5) is 4.79 Å². The molecule has 0 radical (unpaired) electrons. The summed E-state index contributed by atoms with van der Waals surface area (Å²) in [7, 11) is 0. The molecule has 3 rings (SSSR count). The molecule has 1 aromatic rings. The van der Waals surface area contributed by atoms with Gasteiger partial charge in [-0.05, 0) is 43.4 Å². The van der Waals surface area contributed by atoms with E-state index in [4.69, 9.17) is 5.73 Å². The Labute approximate surface area is 127 Å². The van der Waals surface area contributed by atoms with Crippen LogP contribution in [-0.2, 0) is 0 Å². The van der Waals surface area contributed by atoms with E-state index >= 15 is 0 Å². The topological polar surface area (TPSA) is 58.4 Å². The molecule has 5 heteroatoms. The largest absolute Gasteiger partial charge is 0.329 e. The second-order valence-electron chi connectivity index (χ2n) is 5.78. The van der Waals surface area contributed by atoms with Gasteiger partial charge in [0.25, 0.3) is 0 Å². The highest BCUT2D eigenvalue weighted by Crippen LogP contribution is 2.29. The van der Waals surface area contributed by atoms with Gasteiger partial charge in [0.1, 0.15) is 0 Å². The Kier molecular flexibility index (Phi) is 3.98. The number of nitrogens with one attached hydrogen (secondary N) is 1. The van der Waals surface area contributed by atoms with Crippen LogP contribution in [0.15, 0.2) is 28.7 Å². The van der Waals surface area contributed by atoms with E-state index < -0.39 is 0 Å². The molecule has 1 atom stereocenters. The van der Waals surface area contributed by atoms with Crippen molar-refractivity contribution in [1.82, 2.24) is 10.2 Å². The molecule has 2 amide bonds. The number of rotatable bonds is 2. The van der Waals surface area contributed by atoms with E-state index in [1.54, 1.807) is 0 Å². The zero-order valence-electron chi connectivity index (χ0n) is 11.4. The number of amides is 2. The van der Waals surface area contributed by atoms with Crippen molar-refractivity contribution in [2.75, 3.05) is 6.54 Å². The Bertz CT molecular complexity index is 500. The third-order valence-electron chi connectivity index (χ3n) is 4.37. The maximum Gasteiger partial charge on any atom is 0.318 e.